The number of phenols is 1. The van der Waals surface area contributed by atoms with Gasteiger partial charge < -0.3 is 14.9 Å². The van der Waals surface area contributed by atoms with Gasteiger partial charge in [-0.05, 0) is 82.9 Å². The number of carboxylic acids is 1. The Hall–Kier alpha value is -1.42. The van der Waals surface area contributed by atoms with Gasteiger partial charge in [-0.15, -0.1) is 11.6 Å². The molecule has 1 unspecified atom stereocenters. The van der Waals surface area contributed by atoms with Gasteiger partial charge in [0.05, 0.1) is 0 Å². The normalized spacial score (nSPS) is 28.7. The average molecular weight is 395 g/mol. The number of halogens is 1. The molecule has 150 valence electrons. The van der Waals surface area contributed by atoms with Gasteiger partial charge in [0.2, 0.25) is 0 Å². The van der Waals surface area contributed by atoms with Crippen LogP contribution < -0.4 is 4.74 Å². The second kappa shape index (κ2) is 7.54. The molecule has 2 N–H and O–H groups in total. The Morgan fingerprint density at radius 2 is 2.00 bits per heavy atom. The van der Waals surface area contributed by atoms with Crippen molar-refractivity contribution in [3.8, 4) is 11.5 Å². The van der Waals surface area contributed by atoms with Gasteiger partial charge >= 0.3 is 5.97 Å². The summed E-state index contributed by atoms with van der Waals surface area (Å²) in [5, 5.41) is 19.5. The zero-order valence-corrected chi connectivity index (χ0v) is 17.3. The minimum absolute atomic E-state index is 0.213. The number of hydrogen-bond acceptors (Lipinski definition) is 3. The predicted octanol–water partition coefficient (Wildman–Crippen LogP) is 5.63. The topological polar surface area (TPSA) is 66.8 Å². The highest BCUT2D eigenvalue weighted by Crippen LogP contribution is 2.57. The van der Waals surface area contributed by atoms with E-state index < -0.39 is 5.97 Å². The molecule has 1 aliphatic carbocycles. The molecular formula is C22H31ClO4. The molecule has 0 aromatic heterocycles. The maximum absolute atomic E-state index is 10.8. The van der Waals surface area contributed by atoms with E-state index in [-0.39, 0.29) is 22.8 Å². The van der Waals surface area contributed by atoms with Crippen molar-refractivity contribution in [3.63, 3.8) is 0 Å². The van der Waals surface area contributed by atoms with E-state index in [4.69, 9.17) is 21.4 Å². The molecule has 3 rings (SSSR count). The zero-order valence-electron chi connectivity index (χ0n) is 16.6. The van der Waals surface area contributed by atoms with Crippen LogP contribution in [0.5, 0.6) is 11.5 Å². The number of fused-ring (bicyclic) bond motifs is 3. The molecule has 1 saturated carbocycles. The fourth-order valence-corrected chi connectivity index (χ4v) is 5.18. The molecule has 2 aliphatic rings. The lowest BCUT2D eigenvalue weighted by atomic mass is 9.64. The van der Waals surface area contributed by atoms with E-state index >= 15 is 0 Å². The number of carbonyl (C=O) groups is 1. The van der Waals surface area contributed by atoms with Gasteiger partial charge in [0.25, 0.3) is 0 Å². The molecule has 0 bridgehead atoms. The van der Waals surface area contributed by atoms with E-state index in [0.29, 0.717) is 18.1 Å². The summed E-state index contributed by atoms with van der Waals surface area (Å²) in [6.07, 6.45) is 6.30. The van der Waals surface area contributed by atoms with Crippen LogP contribution in [0.25, 0.3) is 0 Å². The second-order valence-corrected chi connectivity index (χ2v) is 9.97. The Bertz CT molecular complexity index is 711. The molecule has 0 saturated heterocycles. The predicted molar refractivity (Wildman–Crippen MR) is 107 cm³/mol. The van der Waals surface area contributed by atoms with E-state index in [1.165, 1.54) is 0 Å². The van der Waals surface area contributed by atoms with Crippen molar-refractivity contribution in [1.82, 2.24) is 0 Å². The quantitative estimate of drug-likeness (QED) is 0.484. The van der Waals surface area contributed by atoms with Gasteiger partial charge in [-0.2, -0.15) is 0 Å². The molecule has 1 aromatic carbocycles. The summed E-state index contributed by atoms with van der Waals surface area (Å²) in [5.41, 5.74) is 1.68. The number of phenolic OH excluding ortho intramolecular Hbond substituents is 1. The number of aryl methyl sites for hydroxylation is 1. The fraction of sp³-hybridized carbons (Fsp3) is 0.682. The molecule has 1 aromatic rings. The minimum Gasteiger partial charge on any atom is -0.508 e. The van der Waals surface area contributed by atoms with E-state index in [0.717, 1.165) is 55.4 Å². The van der Waals surface area contributed by atoms with Crippen molar-refractivity contribution in [2.24, 2.45) is 5.92 Å². The number of carboxylic acid groups (broad SMARTS) is 1. The van der Waals surface area contributed by atoms with Crippen molar-refractivity contribution in [2.75, 3.05) is 0 Å². The molecule has 0 radical (unpaired) electrons. The molecule has 3 atom stereocenters. The molecule has 27 heavy (non-hydrogen) atoms. The van der Waals surface area contributed by atoms with E-state index in [9.17, 15) is 9.90 Å². The molecular weight excluding hydrogens is 364 g/mol. The van der Waals surface area contributed by atoms with Crippen molar-refractivity contribution in [1.29, 1.82) is 0 Å². The largest absolute Gasteiger partial charge is 0.508 e. The van der Waals surface area contributed by atoms with Crippen LogP contribution in [0.1, 0.15) is 82.8 Å². The fourth-order valence-electron chi connectivity index (χ4n) is 4.91. The highest BCUT2D eigenvalue weighted by atomic mass is 35.5. The molecule has 0 amide bonds. The third-order valence-corrected chi connectivity index (χ3v) is 6.62. The number of aliphatic carboxylic acids is 1. The van der Waals surface area contributed by atoms with Gasteiger partial charge in [-0.25, -0.2) is 0 Å². The van der Waals surface area contributed by atoms with Gasteiger partial charge in [0.15, 0.2) is 0 Å². The Balaban J connectivity index is 1.79. The monoisotopic (exact) mass is 394 g/mol. The first-order valence-electron chi connectivity index (χ1n) is 10.0. The van der Waals surface area contributed by atoms with Crippen LogP contribution in [0.2, 0.25) is 0 Å². The standard InChI is InChI=1S/C22H31ClO4/c1-21(2)16-9-10-22(3,23)13-15(16)20-17(24)11-14(12-18(20)27-21)7-5-4-6-8-19(25)26/h11-12,15-16,24H,4-10,13H2,1-3H3,(H,25,26)/t15-,16-,22?/m1/s1. The highest BCUT2D eigenvalue weighted by molar-refractivity contribution is 6.23. The Morgan fingerprint density at radius 3 is 2.70 bits per heavy atom. The number of alkyl halides is 1. The Morgan fingerprint density at radius 1 is 1.26 bits per heavy atom. The molecule has 5 heteroatoms. The molecule has 1 aliphatic heterocycles. The van der Waals surface area contributed by atoms with Crippen LogP contribution in [-0.4, -0.2) is 26.7 Å². The number of unbranched alkanes of at least 4 members (excludes halogenated alkanes) is 2. The SMILES string of the molecule is CC1(Cl)CC[C@@H]2[C@@H](C1)c1c(O)cc(CCCCCC(=O)O)cc1OC2(C)C. The molecule has 4 nitrogen and oxygen atoms in total. The molecule has 0 spiro atoms. The number of aromatic hydroxyl groups is 1. The number of hydrogen-bond donors (Lipinski definition) is 2. The van der Waals surface area contributed by atoms with Gasteiger partial charge in [0, 0.05) is 22.8 Å². The first-order chi connectivity index (χ1) is 12.6. The smallest absolute Gasteiger partial charge is 0.303 e. The first-order valence-corrected chi connectivity index (χ1v) is 10.4. The number of benzene rings is 1. The lowest BCUT2D eigenvalue weighted by molar-refractivity contribution is -0.137. The average Bonchev–Trinajstić information content (AvgIpc) is 2.51. The maximum atomic E-state index is 10.8. The van der Waals surface area contributed by atoms with Crippen molar-refractivity contribution < 1.29 is 19.7 Å². The summed E-state index contributed by atoms with van der Waals surface area (Å²) < 4.78 is 6.36. The molecule has 1 heterocycles. The van der Waals surface area contributed by atoms with Gasteiger partial charge in [-0.3, -0.25) is 4.79 Å². The van der Waals surface area contributed by atoms with Crippen LogP contribution in [0.3, 0.4) is 0 Å². The second-order valence-electron chi connectivity index (χ2n) is 9.06. The number of ether oxygens (including phenoxy) is 1. The van der Waals surface area contributed by atoms with Gasteiger partial charge in [0.1, 0.15) is 17.1 Å². The van der Waals surface area contributed by atoms with Crippen molar-refractivity contribution in [3.05, 3.63) is 23.3 Å². The van der Waals surface area contributed by atoms with Crippen molar-refractivity contribution in [2.45, 2.75) is 88.5 Å². The van der Waals surface area contributed by atoms with Crippen LogP contribution in [0.4, 0.5) is 0 Å². The summed E-state index contributed by atoms with van der Waals surface area (Å²) in [7, 11) is 0. The van der Waals surface area contributed by atoms with E-state index in [2.05, 4.69) is 26.8 Å². The van der Waals surface area contributed by atoms with Crippen LogP contribution in [0, 0.1) is 5.92 Å². The van der Waals surface area contributed by atoms with E-state index in [1.54, 1.807) is 0 Å². The summed E-state index contributed by atoms with van der Waals surface area (Å²) >= 11 is 6.69. The van der Waals surface area contributed by atoms with Crippen LogP contribution >= 0.6 is 11.6 Å². The Kier molecular flexibility index (Phi) is 5.67. The third-order valence-electron chi connectivity index (χ3n) is 6.28. The van der Waals surface area contributed by atoms with Crippen LogP contribution in [0.15, 0.2) is 12.1 Å². The van der Waals surface area contributed by atoms with Gasteiger partial charge in [-0.1, -0.05) is 6.42 Å². The zero-order chi connectivity index (χ0) is 19.8. The van der Waals surface area contributed by atoms with Crippen molar-refractivity contribution >= 4 is 17.6 Å². The third kappa shape index (κ3) is 4.53. The lowest BCUT2D eigenvalue weighted by Crippen LogP contribution is -2.48. The summed E-state index contributed by atoms with van der Waals surface area (Å²) in [5.74, 6) is 0.920. The molecule has 1 fully saturated rings. The summed E-state index contributed by atoms with van der Waals surface area (Å²) in [6, 6.07) is 3.92. The number of rotatable bonds is 6. The minimum atomic E-state index is -0.745. The summed E-state index contributed by atoms with van der Waals surface area (Å²) in [6.45, 7) is 6.37. The first kappa shape index (κ1) is 20.3. The summed E-state index contributed by atoms with van der Waals surface area (Å²) in [4.78, 5) is 10.4. The maximum Gasteiger partial charge on any atom is 0.303 e. The lowest BCUT2D eigenvalue weighted by Gasteiger charge is -2.50. The van der Waals surface area contributed by atoms with E-state index in [1.807, 2.05) is 6.07 Å². The Labute approximate surface area is 166 Å². The highest BCUT2D eigenvalue weighted by Gasteiger charge is 2.49. The van der Waals surface area contributed by atoms with Crippen LogP contribution in [-0.2, 0) is 11.2 Å².